The Morgan fingerprint density at radius 3 is 2.67 bits per heavy atom. The average molecular weight is 327 g/mol. The number of nitrogens with one attached hydrogen (secondary N) is 2. The van der Waals surface area contributed by atoms with Crippen LogP contribution in [0.4, 0.5) is 8.78 Å². The number of H-pyrrole nitrogens is 1. The largest absolute Gasteiger partial charge is 0.478 e. The third kappa shape index (κ3) is 3.17. The standard InChI is InChI=1S/C18H15F2N3O/c1-2-24-18(21)13-9-14-16(22-23-17(14)10-15(13)20)8-5-11-3-6-12(19)7-4-11/h3-10,21H,2H2,1H3,(H,22,23). The second kappa shape index (κ2) is 6.62. The van der Waals surface area contributed by atoms with Gasteiger partial charge in [0, 0.05) is 11.5 Å². The number of rotatable bonds is 4. The summed E-state index contributed by atoms with van der Waals surface area (Å²) in [4.78, 5) is 0. The normalized spacial score (nSPS) is 11.3. The van der Waals surface area contributed by atoms with Gasteiger partial charge in [-0.1, -0.05) is 18.2 Å². The molecule has 3 aromatic rings. The summed E-state index contributed by atoms with van der Waals surface area (Å²) in [5.41, 5.74) is 2.03. The highest BCUT2D eigenvalue weighted by molar-refractivity contribution is 5.98. The number of aromatic nitrogens is 2. The number of hydrogen-bond acceptors (Lipinski definition) is 3. The highest BCUT2D eigenvalue weighted by atomic mass is 19.1. The molecule has 6 heteroatoms. The molecule has 0 fully saturated rings. The number of hydrogen-bond donors (Lipinski definition) is 2. The molecular weight excluding hydrogens is 312 g/mol. The molecule has 0 aliphatic heterocycles. The first-order chi connectivity index (χ1) is 11.6. The van der Waals surface area contributed by atoms with Crippen molar-refractivity contribution in [3.05, 3.63) is 64.9 Å². The summed E-state index contributed by atoms with van der Waals surface area (Å²) in [6.07, 6.45) is 3.53. The van der Waals surface area contributed by atoms with Crippen molar-refractivity contribution < 1.29 is 13.5 Å². The van der Waals surface area contributed by atoms with Gasteiger partial charge in [0.1, 0.15) is 11.6 Å². The maximum atomic E-state index is 14.1. The van der Waals surface area contributed by atoms with Crippen molar-refractivity contribution in [3.63, 3.8) is 0 Å². The van der Waals surface area contributed by atoms with Gasteiger partial charge in [-0.3, -0.25) is 10.5 Å². The molecule has 4 nitrogen and oxygen atoms in total. The number of aromatic amines is 1. The molecule has 2 N–H and O–H groups in total. The molecule has 24 heavy (non-hydrogen) atoms. The smallest absolute Gasteiger partial charge is 0.216 e. The zero-order valence-electron chi connectivity index (χ0n) is 12.9. The van der Waals surface area contributed by atoms with Crippen molar-refractivity contribution in [2.75, 3.05) is 6.61 Å². The topological polar surface area (TPSA) is 61.8 Å². The van der Waals surface area contributed by atoms with Crippen LogP contribution in [-0.2, 0) is 4.74 Å². The van der Waals surface area contributed by atoms with Gasteiger partial charge in [-0.05, 0) is 36.8 Å². The van der Waals surface area contributed by atoms with Gasteiger partial charge < -0.3 is 4.74 Å². The molecule has 0 unspecified atom stereocenters. The summed E-state index contributed by atoms with van der Waals surface area (Å²) in [6, 6.07) is 8.88. The van der Waals surface area contributed by atoms with Crippen LogP contribution >= 0.6 is 0 Å². The Morgan fingerprint density at radius 1 is 1.21 bits per heavy atom. The van der Waals surface area contributed by atoms with Crippen molar-refractivity contribution in [1.29, 1.82) is 5.41 Å². The molecule has 0 aliphatic rings. The second-order valence-electron chi connectivity index (χ2n) is 5.13. The fourth-order valence-electron chi connectivity index (χ4n) is 2.33. The predicted molar refractivity (Wildman–Crippen MR) is 89.8 cm³/mol. The molecule has 0 saturated carbocycles. The summed E-state index contributed by atoms with van der Waals surface area (Å²) < 4.78 is 32.1. The lowest BCUT2D eigenvalue weighted by Crippen LogP contribution is -2.07. The maximum absolute atomic E-state index is 14.1. The Bertz CT molecular complexity index is 914. The van der Waals surface area contributed by atoms with Crippen molar-refractivity contribution in [1.82, 2.24) is 10.2 Å². The quantitative estimate of drug-likeness (QED) is 0.552. The fourth-order valence-corrected chi connectivity index (χ4v) is 2.33. The molecule has 3 rings (SSSR count). The van der Waals surface area contributed by atoms with Gasteiger partial charge in [-0.2, -0.15) is 5.10 Å². The molecule has 122 valence electrons. The van der Waals surface area contributed by atoms with E-state index in [-0.39, 0.29) is 17.3 Å². The first-order valence-corrected chi connectivity index (χ1v) is 7.41. The molecule has 0 atom stereocenters. The van der Waals surface area contributed by atoms with Crippen LogP contribution in [0.2, 0.25) is 0 Å². The van der Waals surface area contributed by atoms with Crippen LogP contribution in [0.5, 0.6) is 0 Å². The lowest BCUT2D eigenvalue weighted by molar-refractivity contribution is 0.324. The summed E-state index contributed by atoms with van der Waals surface area (Å²) in [7, 11) is 0. The zero-order chi connectivity index (χ0) is 17.1. The number of benzene rings is 2. The van der Waals surface area contributed by atoms with E-state index in [0.29, 0.717) is 23.2 Å². The minimum Gasteiger partial charge on any atom is -0.478 e. The van der Waals surface area contributed by atoms with E-state index in [1.165, 1.54) is 24.3 Å². The van der Waals surface area contributed by atoms with Gasteiger partial charge in [0.15, 0.2) is 0 Å². The van der Waals surface area contributed by atoms with Gasteiger partial charge >= 0.3 is 0 Å². The number of ether oxygens (including phenoxy) is 1. The molecule has 0 spiro atoms. The van der Waals surface area contributed by atoms with Gasteiger partial charge in [-0.15, -0.1) is 0 Å². The lowest BCUT2D eigenvalue weighted by Gasteiger charge is -2.06. The van der Waals surface area contributed by atoms with Crippen LogP contribution in [0.3, 0.4) is 0 Å². The Hall–Kier alpha value is -3.02. The third-order valence-corrected chi connectivity index (χ3v) is 3.52. The van der Waals surface area contributed by atoms with E-state index in [0.717, 1.165) is 5.56 Å². The highest BCUT2D eigenvalue weighted by Gasteiger charge is 2.13. The van der Waals surface area contributed by atoms with E-state index in [1.54, 1.807) is 31.2 Å². The van der Waals surface area contributed by atoms with Gasteiger partial charge in [0.05, 0.1) is 23.4 Å². The third-order valence-electron chi connectivity index (χ3n) is 3.52. The monoisotopic (exact) mass is 327 g/mol. The SMILES string of the molecule is CCOC(=N)c1cc2c(C=Cc3ccc(F)cc3)n[nH]c2cc1F. The van der Waals surface area contributed by atoms with E-state index in [4.69, 9.17) is 10.1 Å². The Kier molecular flexibility index (Phi) is 4.37. The second-order valence-corrected chi connectivity index (χ2v) is 5.13. The summed E-state index contributed by atoms with van der Waals surface area (Å²) >= 11 is 0. The summed E-state index contributed by atoms with van der Waals surface area (Å²) in [6.45, 7) is 2.03. The van der Waals surface area contributed by atoms with Gasteiger partial charge in [-0.25, -0.2) is 8.78 Å². The summed E-state index contributed by atoms with van der Waals surface area (Å²) in [5, 5.41) is 15.4. The first kappa shape index (κ1) is 15.9. The van der Waals surface area contributed by atoms with E-state index >= 15 is 0 Å². The van der Waals surface area contributed by atoms with Crippen LogP contribution in [-0.4, -0.2) is 22.7 Å². The van der Waals surface area contributed by atoms with E-state index in [9.17, 15) is 8.78 Å². The van der Waals surface area contributed by atoms with Crippen LogP contribution in [0, 0.1) is 17.0 Å². The van der Waals surface area contributed by atoms with Crippen LogP contribution in [0.15, 0.2) is 36.4 Å². The Labute approximate surface area is 137 Å². The lowest BCUT2D eigenvalue weighted by atomic mass is 10.1. The van der Waals surface area contributed by atoms with Crippen LogP contribution in [0.25, 0.3) is 23.1 Å². The fraction of sp³-hybridized carbons (Fsp3) is 0.111. The number of halogens is 2. The highest BCUT2D eigenvalue weighted by Crippen LogP contribution is 2.23. The van der Waals surface area contributed by atoms with E-state index in [2.05, 4.69) is 10.2 Å². The molecule has 0 saturated heterocycles. The summed E-state index contributed by atoms with van der Waals surface area (Å²) in [5.74, 6) is -1.06. The van der Waals surface area contributed by atoms with Crippen molar-refractivity contribution in [3.8, 4) is 0 Å². The Morgan fingerprint density at radius 2 is 1.96 bits per heavy atom. The molecule has 0 radical (unpaired) electrons. The first-order valence-electron chi connectivity index (χ1n) is 7.41. The van der Waals surface area contributed by atoms with Crippen LogP contribution < -0.4 is 0 Å². The van der Waals surface area contributed by atoms with E-state index in [1.807, 2.05) is 0 Å². The molecule has 2 aromatic carbocycles. The van der Waals surface area contributed by atoms with E-state index < -0.39 is 5.82 Å². The minimum atomic E-state index is -0.543. The zero-order valence-corrected chi connectivity index (χ0v) is 12.9. The molecule has 0 amide bonds. The van der Waals surface area contributed by atoms with Crippen molar-refractivity contribution >= 4 is 29.0 Å². The number of nitrogens with zero attached hydrogens (tertiary/aromatic N) is 1. The maximum Gasteiger partial charge on any atom is 0.216 e. The van der Waals surface area contributed by atoms with Crippen LogP contribution in [0.1, 0.15) is 23.7 Å². The predicted octanol–water partition coefficient (Wildman–Crippen LogP) is 4.37. The molecule has 0 aliphatic carbocycles. The van der Waals surface area contributed by atoms with Gasteiger partial charge in [0.25, 0.3) is 0 Å². The average Bonchev–Trinajstić information content (AvgIpc) is 2.95. The number of fused-ring (bicyclic) bond motifs is 1. The molecule has 1 heterocycles. The van der Waals surface area contributed by atoms with Gasteiger partial charge in [0.2, 0.25) is 5.90 Å². The minimum absolute atomic E-state index is 0.0854. The van der Waals surface area contributed by atoms with Crippen molar-refractivity contribution in [2.24, 2.45) is 0 Å². The Balaban J connectivity index is 1.98. The molecule has 1 aromatic heterocycles. The molecular formula is C18H15F2N3O. The molecule has 0 bridgehead atoms. The van der Waals surface area contributed by atoms with Crippen molar-refractivity contribution in [2.45, 2.75) is 6.92 Å².